The molecule has 0 aliphatic carbocycles. The number of carbonyl (C=O) groups excluding carboxylic acids is 1. The maximum Gasteiger partial charge on any atom is 0.253 e. The van der Waals surface area contributed by atoms with Crippen molar-refractivity contribution in [2.45, 2.75) is 38.2 Å². The van der Waals surface area contributed by atoms with Crippen LogP contribution in [-0.2, 0) is 16.0 Å². The third-order valence-corrected chi connectivity index (χ3v) is 4.43. The van der Waals surface area contributed by atoms with Crippen LogP contribution in [0.2, 0.25) is 0 Å². The molecule has 1 atom stereocenters. The van der Waals surface area contributed by atoms with Gasteiger partial charge in [-0.15, -0.1) is 0 Å². The van der Waals surface area contributed by atoms with Crippen LogP contribution < -0.4 is 10.6 Å². The van der Waals surface area contributed by atoms with Crippen LogP contribution in [0.1, 0.15) is 31.2 Å². The standard InChI is InChI=1S/C17H24N2O2/c20-17(16-2-1-11-21-16)19-15-5-3-13(4-6-15)12-14-7-9-18-10-8-14/h3-6,14,16,18H,1-2,7-12H2,(H,19,20). The van der Waals surface area contributed by atoms with Gasteiger partial charge in [-0.1, -0.05) is 12.1 Å². The molecule has 2 aliphatic heterocycles. The van der Waals surface area contributed by atoms with Crippen molar-refractivity contribution < 1.29 is 9.53 Å². The van der Waals surface area contributed by atoms with Gasteiger partial charge in [-0.25, -0.2) is 0 Å². The van der Waals surface area contributed by atoms with E-state index in [2.05, 4.69) is 22.8 Å². The minimum Gasteiger partial charge on any atom is -0.368 e. The average molecular weight is 288 g/mol. The normalized spacial score (nSPS) is 23.1. The van der Waals surface area contributed by atoms with Gasteiger partial charge in [0.15, 0.2) is 0 Å². The van der Waals surface area contributed by atoms with Gasteiger partial charge >= 0.3 is 0 Å². The molecule has 114 valence electrons. The van der Waals surface area contributed by atoms with E-state index in [4.69, 9.17) is 4.74 Å². The van der Waals surface area contributed by atoms with Crippen LogP contribution in [0.15, 0.2) is 24.3 Å². The Morgan fingerprint density at radius 1 is 1.19 bits per heavy atom. The fourth-order valence-electron chi connectivity index (χ4n) is 3.15. The predicted molar refractivity (Wildman–Crippen MR) is 83.3 cm³/mol. The van der Waals surface area contributed by atoms with Crippen molar-refractivity contribution in [2.24, 2.45) is 5.92 Å². The highest BCUT2D eigenvalue weighted by Gasteiger charge is 2.23. The van der Waals surface area contributed by atoms with Crippen LogP contribution in [0.5, 0.6) is 0 Å². The van der Waals surface area contributed by atoms with Gasteiger partial charge in [0.2, 0.25) is 0 Å². The lowest BCUT2D eigenvalue weighted by molar-refractivity contribution is -0.124. The summed E-state index contributed by atoms with van der Waals surface area (Å²) in [6.07, 6.45) is 5.21. The van der Waals surface area contributed by atoms with Crippen LogP contribution in [0, 0.1) is 5.92 Å². The summed E-state index contributed by atoms with van der Waals surface area (Å²) in [4.78, 5) is 12.0. The molecule has 3 rings (SSSR count). The van der Waals surface area contributed by atoms with E-state index in [1.54, 1.807) is 0 Å². The zero-order valence-electron chi connectivity index (χ0n) is 12.4. The van der Waals surface area contributed by atoms with E-state index in [1.165, 1.54) is 18.4 Å². The van der Waals surface area contributed by atoms with Gasteiger partial charge in [-0.05, 0) is 68.8 Å². The SMILES string of the molecule is O=C(Nc1ccc(CC2CCNCC2)cc1)C1CCCO1. The Hall–Kier alpha value is -1.39. The Morgan fingerprint density at radius 2 is 1.95 bits per heavy atom. The van der Waals surface area contributed by atoms with Crippen molar-refractivity contribution >= 4 is 11.6 Å². The molecule has 4 nitrogen and oxygen atoms in total. The Labute approximate surface area is 126 Å². The molecule has 2 heterocycles. The summed E-state index contributed by atoms with van der Waals surface area (Å²) >= 11 is 0. The van der Waals surface area contributed by atoms with Crippen molar-refractivity contribution in [1.82, 2.24) is 5.32 Å². The summed E-state index contributed by atoms with van der Waals surface area (Å²) in [6, 6.07) is 8.27. The molecular weight excluding hydrogens is 264 g/mol. The highest BCUT2D eigenvalue weighted by atomic mass is 16.5. The Balaban J connectivity index is 1.52. The second-order valence-corrected chi connectivity index (χ2v) is 6.09. The number of piperidine rings is 1. The van der Waals surface area contributed by atoms with Crippen LogP contribution in [0.3, 0.4) is 0 Å². The predicted octanol–water partition coefficient (Wildman–Crippen LogP) is 2.35. The van der Waals surface area contributed by atoms with Gasteiger partial charge in [0, 0.05) is 12.3 Å². The molecule has 2 N–H and O–H groups in total. The van der Waals surface area contributed by atoms with E-state index >= 15 is 0 Å². The summed E-state index contributed by atoms with van der Waals surface area (Å²) in [6.45, 7) is 2.98. The molecule has 21 heavy (non-hydrogen) atoms. The van der Waals surface area contributed by atoms with Crippen LogP contribution >= 0.6 is 0 Å². The lowest BCUT2D eigenvalue weighted by Crippen LogP contribution is -2.28. The number of anilines is 1. The monoisotopic (exact) mass is 288 g/mol. The second kappa shape index (κ2) is 7.05. The summed E-state index contributed by atoms with van der Waals surface area (Å²) in [7, 11) is 0. The first kappa shape index (κ1) is 14.5. The molecule has 2 fully saturated rings. The maximum absolute atomic E-state index is 12.0. The van der Waals surface area contributed by atoms with Crippen LogP contribution in [0.25, 0.3) is 0 Å². The second-order valence-electron chi connectivity index (χ2n) is 6.09. The topological polar surface area (TPSA) is 50.4 Å². The largest absolute Gasteiger partial charge is 0.368 e. The number of nitrogens with one attached hydrogen (secondary N) is 2. The molecule has 0 saturated carbocycles. The zero-order valence-corrected chi connectivity index (χ0v) is 12.4. The first-order valence-corrected chi connectivity index (χ1v) is 8.03. The van der Waals surface area contributed by atoms with Gasteiger partial charge in [0.25, 0.3) is 5.91 Å². The van der Waals surface area contributed by atoms with E-state index in [9.17, 15) is 4.79 Å². The van der Waals surface area contributed by atoms with Gasteiger partial charge < -0.3 is 15.4 Å². The van der Waals surface area contributed by atoms with Gasteiger partial charge in [0.1, 0.15) is 6.10 Å². The number of carbonyl (C=O) groups is 1. The molecule has 0 spiro atoms. The highest BCUT2D eigenvalue weighted by Crippen LogP contribution is 2.20. The Morgan fingerprint density at radius 3 is 2.62 bits per heavy atom. The fourth-order valence-corrected chi connectivity index (χ4v) is 3.15. The van der Waals surface area contributed by atoms with Crippen molar-refractivity contribution in [1.29, 1.82) is 0 Å². The summed E-state index contributed by atoms with van der Waals surface area (Å²) < 4.78 is 5.39. The van der Waals surface area contributed by atoms with E-state index in [1.807, 2.05) is 12.1 Å². The molecule has 0 radical (unpaired) electrons. The molecular formula is C17H24N2O2. The first-order chi connectivity index (χ1) is 10.3. The van der Waals surface area contributed by atoms with E-state index in [-0.39, 0.29) is 12.0 Å². The number of ether oxygens (including phenoxy) is 1. The van der Waals surface area contributed by atoms with E-state index in [0.717, 1.165) is 44.0 Å². The number of rotatable bonds is 4. The molecule has 1 unspecified atom stereocenters. The lowest BCUT2D eigenvalue weighted by atomic mass is 9.91. The maximum atomic E-state index is 12.0. The zero-order chi connectivity index (χ0) is 14.5. The summed E-state index contributed by atoms with van der Waals surface area (Å²) in [5, 5.41) is 6.34. The minimum absolute atomic E-state index is 0.0152. The molecule has 1 aromatic rings. The molecule has 1 aromatic carbocycles. The molecule has 1 amide bonds. The summed E-state index contributed by atoms with van der Waals surface area (Å²) in [5.41, 5.74) is 2.22. The van der Waals surface area contributed by atoms with E-state index in [0.29, 0.717) is 6.61 Å². The smallest absolute Gasteiger partial charge is 0.253 e. The molecule has 0 bridgehead atoms. The average Bonchev–Trinajstić information content (AvgIpc) is 3.05. The van der Waals surface area contributed by atoms with Crippen molar-refractivity contribution in [3.05, 3.63) is 29.8 Å². The lowest BCUT2D eigenvalue weighted by Gasteiger charge is -2.22. The highest BCUT2D eigenvalue weighted by molar-refractivity contribution is 5.94. The molecule has 4 heteroatoms. The van der Waals surface area contributed by atoms with Gasteiger partial charge in [-0.3, -0.25) is 4.79 Å². The van der Waals surface area contributed by atoms with Crippen molar-refractivity contribution in [3.8, 4) is 0 Å². The van der Waals surface area contributed by atoms with Gasteiger partial charge in [-0.2, -0.15) is 0 Å². The number of amides is 1. The Kier molecular flexibility index (Phi) is 4.88. The Bertz CT molecular complexity index is 460. The third-order valence-electron chi connectivity index (χ3n) is 4.43. The van der Waals surface area contributed by atoms with Crippen molar-refractivity contribution in [2.75, 3.05) is 25.0 Å². The number of benzene rings is 1. The number of hydrogen-bond acceptors (Lipinski definition) is 3. The third kappa shape index (κ3) is 4.05. The molecule has 2 saturated heterocycles. The summed E-state index contributed by atoms with van der Waals surface area (Å²) in [5.74, 6) is 0.775. The van der Waals surface area contributed by atoms with E-state index < -0.39 is 0 Å². The van der Waals surface area contributed by atoms with Crippen LogP contribution in [-0.4, -0.2) is 31.7 Å². The first-order valence-electron chi connectivity index (χ1n) is 8.03. The minimum atomic E-state index is -0.264. The molecule has 2 aliphatic rings. The molecule has 0 aromatic heterocycles. The fraction of sp³-hybridized carbons (Fsp3) is 0.588. The number of hydrogen-bond donors (Lipinski definition) is 2. The van der Waals surface area contributed by atoms with Gasteiger partial charge in [0.05, 0.1) is 0 Å². The van der Waals surface area contributed by atoms with Crippen LogP contribution in [0.4, 0.5) is 5.69 Å². The van der Waals surface area contributed by atoms with Crippen molar-refractivity contribution in [3.63, 3.8) is 0 Å². The quantitative estimate of drug-likeness (QED) is 0.894.